The average molecular weight is 321 g/mol. The van der Waals surface area contributed by atoms with Gasteiger partial charge in [-0.05, 0) is 32.4 Å². The van der Waals surface area contributed by atoms with Gasteiger partial charge in [0.2, 0.25) is 0 Å². The zero-order chi connectivity index (χ0) is 17.2. The molecular weight excluding hydrogens is 294 g/mol. The van der Waals surface area contributed by atoms with Crippen LogP contribution in [0.25, 0.3) is 0 Å². The summed E-state index contributed by atoms with van der Waals surface area (Å²) >= 11 is 0. The van der Waals surface area contributed by atoms with E-state index >= 15 is 0 Å². The molecule has 5 heteroatoms. The molecule has 1 amide bonds. The molecule has 23 heavy (non-hydrogen) atoms. The zero-order valence-electron chi connectivity index (χ0n) is 14.5. The van der Waals surface area contributed by atoms with Crippen LogP contribution in [0.4, 0.5) is 0 Å². The van der Waals surface area contributed by atoms with Gasteiger partial charge in [0, 0.05) is 31.9 Å². The van der Waals surface area contributed by atoms with Gasteiger partial charge in [-0.15, -0.1) is 0 Å². The molecule has 1 aromatic carbocycles. The van der Waals surface area contributed by atoms with Crippen LogP contribution in [0, 0.1) is 12.8 Å². The monoisotopic (exact) mass is 321 g/mol. The number of carbonyl (C=O) groups is 2. The van der Waals surface area contributed by atoms with Crippen molar-refractivity contribution in [2.75, 3.05) is 33.4 Å². The lowest BCUT2D eigenvalue weighted by Gasteiger charge is -2.25. The van der Waals surface area contributed by atoms with Crippen LogP contribution in [0.5, 0.6) is 0 Å². The largest absolute Gasteiger partial charge is 0.469 e. The van der Waals surface area contributed by atoms with Crippen molar-refractivity contribution in [2.45, 2.75) is 27.2 Å². The molecule has 0 fully saturated rings. The van der Waals surface area contributed by atoms with E-state index in [1.165, 1.54) is 7.11 Å². The number of ether oxygens (including phenoxy) is 2. The summed E-state index contributed by atoms with van der Waals surface area (Å²) in [6.07, 6.45) is 0.735. The second kappa shape index (κ2) is 10.0. The fourth-order valence-electron chi connectivity index (χ4n) is 2.26. The summed E-state index contributed by atoms with van der Waals surface area (Å²) in [7, 11) is 1.36. The van der Waals surface area contributed by atoms with Crippen molar-refractivity contribution < 1.29 is 19.1 Å². The van der Waals surface area contributed by atoms with Crippen molar-refractivity contribution in [2.24, 2.45) is 5.92 Å². The number of nitrogens with zero attached hydrogens (tertiary/aromatic N) is 1. The van der Waals surface area contributed by atoms with E-state index in [-0.39, 0.29) is 17.8 Å². The maximum atomic E-state index is 12.7. The Labute approximate surface area is 138 Å². The molecule has 0 radical (unpaired) electrons. The van der Waals surface area contributed by atoms with Gasteiger partial charge in [0.05, 0.1) is 13.0 Å². The molecule has 0 heterocycles. The fraction of sp³-hybridized carbons (Fsp3) is 0.556. The van der Waals surface area contributed by atoms with Crippen LogP contribution in [0.2, 0.25) is 0 Å². The Balaban J connectivity index is 2.77. The third-order valence-corrected chi connectivity index (χ3v) is 3.60. The van der Waals surface area contributed by atoms with Gasteiger partial charge in [0.25, 0.3) is 5.91 Å². The first kappa shape index (κ1) is 19.2. The Bertz CT molecular complexity index is 498. The molecule has 1 unspecified atom stereocenters. The van der Waals surface area contributed by atoms with Gasteiger partial charge in [-0.3, -0.25) is 9.59 Å². The molecule has 1 aromatic rings. The van der Waals surface area contributed by atoms with Gasteiger partial charge in [0.1, 0.15) is 0 Å². The summed E-state index contributed by atoms with van der Waals surface area (Å²) in [5.74, 6) is -0.741. The van der Waals surface area contributed by atoms with Crippen LogP contribution in [-0.2, 0) is 14.3 Å². The molecular formula is C18H27NO4. The van der Waals surface area contributed by atoms with Crippen molar-refractivity contribution in [3.05, 3.63) is 35.4 Å². The number of methoxy groups -OCH3 is 1. The Morgan fingerprint density at radius 3 is 2.43 bits per heavy atom. The van der Waals surface area contributed by atoms with Crippen LogP contribution in [0.15, 0.2) is 24.3 Å². The van der Waals surface area contributed by atoms with Gasteiger partial charge >= 0.3 is 5.97 Å². The molecule has 0 aliphatic heterocycles. The minimum atomic E-state index is -0.360. The number of hydrogen-bond donors (Lipinski definition) is 0. The topological polar surface area (TPSA) is 55.8 Å². The Morgan fingerprint density at radius 2 is 1.87 bits per heavy atom. The van der Waals surface area contributed by atoms with E-state index in [0.29, 0.717) is 31.9 Å². The molecule has 0 spiro atoms. The maximum absolute atomic E-state index is 12.7. The molecule has 0 aliphatic carbocycles. The van der Waals surface area contributed by atoms with E-state index in [4.69, 9.17) is 9.47 Å². The van der Waals surface area contributed by atoms with Crippen LogP contribution < -0.4 is 0 Å². The predicted octanol–water partition coefficient (Wildman–Crippen LogP) is 2.67. The number of carbonyl (C=O) groups excluding carboxylic acids is 2. The minimum absolute atomic E-state index is 0.0720. The second-order valence-corrected chi connectivity index (χ2v) is 5.59. The Morgan fingerprint density at radius 1 is 1.22 bits per heavy atom. The van der Waals surface area contributed by atoms with Crippen molar-refractivity contribution in [3.63, 3.8) is 0 Å². The highest BCUT2D eigenvalue weighted by atomic mass is 16.5. The predicted molar refractivity (Wildman–Crippen MR) is 89.4 cm³/mol. The third-order valence-electron chi connectivity index (χ3n) is 3.60. The number of esters is 1. The summed E-state index contributed by atoms with van der Waals surface area (Å²) in [4.78, 5) is 26.0. The summed E-state index contributed by atoms with van der Waals surface area (Å²) in [5, 5.41) is 0. The number of aryl methyl sites for hydroxylation is 1. The van der Waals surface area contributed by atoms with Gasteiger partial charge in [-0.25, -0.2) is 0 Å². The van der Waals surface area contributed by atoms with Crippen molar-refractivity contribution in [3.8, 4) is 0 Å². The van der Waals surface area contributed by atoms with Crippen molar-refractivity contribution in [1.29, 1.82) is 0 Å². The Hall–Kier alpha value is -1.88. The minimum Gasteiger partial charge on any atom is -0.469 e. The summed E-state index contributed by atoms with van der Waals surface area (Å²) in [6.45, 7) is 7.83. The first-order chi connectivity index (χ1) is 11.0. The lowest BCUT2D eigenvalue weighted by molar-refractivity contribution is -0.145. The van der Waals surface area contributed by atoms with E-state index in [1.54, 1.807) is 11.8 Å². The molecule has 0 aliphatic rings. The van der Waals surface area contributed by atoms with Gasteiger partial charge in [0.15, 0.2) is 0 Å². The first-order valence-corrected chi connectivity index (χ1v) is 8.01. The van der Waals surface area contributed by atoms with E-state index in [9.17, 15) is 9.59 Å². The van der Waals surface area contributed by atoms with Crippen LogP contribution in [-0.4, -0.2) is 50.2 Å². The third kappa shape index (κ3) is 6.40. The quantitative estimate of drug-likeness (QED) is 0.518. The SMILES string of the molecule is CCOCCCN(CC(C)C(=O)OC)C(=O)c1ccc(C)cc1. The maximum Gasteiger partial charge on any atom is 0.310 e. The highest BCUT2D eigenvalue weighted by molar-refractivity contribution is 5.94. The highest BCUT2D eigenvalue weighted by Gasteiger charge is 2.22. The van der Waals surface area contributed by atoms with Crippen molar-refractivity contribution >= 4 is 11.9 Å². The standard InChI is InChI=1S/C18H27NO4/c1-5-23-12-6-11-19(13-15(3)18(21)22-4)17(20)16-9-7-14(2)8-10-16/h7-10,15H,5-6,11-13H2,1-4H3. The zero-order valence-corrected chi connectivity index (χ0v) is 14.5. The molecule has 1 atom stereocenters. The fourth-order valence-corrected chi connectivity index (χ4v) is 2.26. The average Bonchev–Trinajstić information content (AvgIpc) is 2.56. The summed E-state index contributed by atoms with van der Waals surface area (Å²) in [6, 6.07) is 7.46. The molecule has 5 nitrogen and oxygen atoms in total. The number of benzene rings is 1. The molecule has 0 saturated carbocycles. The molecule has 0 N–H and O–H groups in total. The van der Waals surface area contributed by atoms with Gasteiger partial charge in [-0.1, -0.05) is 24.6 Å². The van der Waals surface area contributed by atoms with E-state index < -0.39 is 0 Å². The van der Waals surface area contributed by atoms with E-state index in [0.717, 1.165) is 12.0 Å². The molecule has 128 valence electrons. The molecule has 0 saturated heterocycles. The van der Waals surface area contributed by atoms with Crippen LogP contribution in [0.3, 0.4) is 0 Å². The number of rotatable bonds is 9. The smallest absolute Gasteiger partial charge is 0.310 e. The van der Waals surface area contributed by atoms with E-state index in [1.807, 2.05) is 38.1 Å². The summed E-state index contributed by atoms with van der Waals surface area (Å²) < 4.78 is 10.1. The Kier molecular flexibility index (Phi) is 8.33. The summed E-state index contributed by atoms with van der Waals surface area (Å²) in [5.41, 5.74) is 1.73. The van der Waals surface area contributed by atoms with Gasteiger partial charge < -0.3 is 14.4 Å². The number of hydrogen-bond acceptors (Lipinski definition) is 4. The number of amides is 1. The lowest BCUT2D eigenvalue weighted by atomic mass is 10.1. The second-order valence-electron chi connectivity index (χ2n) is 5.59. The lowest BCUT2D eigenvalue weighted by Crippen LogP contribution is -2.38. The van der Waals surface area contributed by atoms with Crippen molar-refractivity contribution in [1.82, 2.24) is 4.90 Å². The van der Waals surface area contributed by atoms with Crippen LogP contribution >= 0.6 is 0 Å². The normalized spacial score (nSPS) is 11.8. The van der Waals surface area contributed by atoms with E-state index in [2.05, 4.69) is 0 Å². The van der Waals surface area contributed by atoms with Crippen LogP contribution in [0.1, 0.15) is 36.2 Å². The highest BCUT2D eigenvalue weighted by Crippen LogP contribution is 2.11. The first-order valence-electron chi connectivity index (χ1n) is 8.01. The van der Waals surface area contributed by atoms with Gasteiger partial charge in [-0.2, -0.15) is 0 Å². The molecule has 1 rings (SSSR count). The molecule has 0 bridgehead atoms. The molecule has 0 aromatic heterocycles.